The van der Waals surface area contributed by atoms with Gasteiger partial charge in [-0.3, -0.25) is 10.1 Å². The number of hydrogen-bond donors (Lipinski definition) is 0. The number of benzene rings is 2. The molecular formula is C14H12INO3. The van der Waals surface area contributed by atoms with Crippen molar-refractivity contribution in [1.29, 1.82) is 0 Å². The number of halogens is 1. The number of hydrogen-bond acceptors (Lipinski definition) is 3. The van der Waals surface area contributed by atoms with Crippen molar-refractivity contribution in [2.75, 3.05) is 6.61 Å². The summed E-state index contributed by atoms with van der Waals surface area (Å²) in [6.07, 6.45) is 0.516. The second kappa shape index (κ2) is 6.51. The Bertz CT molecular complexity index is 586. The highest BCUT2D eigenvalue weighted by molar-refractivity contribution is 14.1. The first-order chi connectivity index (χ1) is 9.16. The molecule has 0 atom stereocenters. The normalized spacial score (nSPS) is 10.2. The minimum Gasteiger partial charge on any atom is -0.493 e. The molecule has 0 spiro atoms. The van der Waals surface area contributed by atoms with Gasteiger partial charge in [0.05, 0.1) is 11.5 Å². The number of rotatable bonds is 5. The van der Waals surface area contributed by atoms with E-state index >= 15 is 0 Å². The molecule has 19 heavy (non-hydrogen) atoms. The van der Waals surface area contributed by atoms with Gasteiger partial charge in [-0.25, -0.2) is 0 Å². The lowest BCUT2D eigenvalue weighted by Crippen LogP contribution is -2.04. The Kier molecular flexibility index (Phi) is 4.73. The topological polar surface area (TPSA) is 52.4 Å². The Labute approximate surface area is 124 Å². The lowest BCUT2D eigenvalue weighted by molar-refractivity contribution is -0.385. The Hall–Kier alpha value is -1.63. The third-order valence-electron chi connectivity index (χ3n) is 2.62. The summed E-state index contributed by atoms with van der Waals surface area (Å²) in [5, 5.41) is 10.9. The molecule has 0 saturated heterocycles. The van der Waals surface area contributed by atoms with E-state index in [0.29, 0.717) is 18.6 Å². The van der Waals surface area contributed by atoms with Crippen molar-refractivity contribution in [2.24, 2.45) is 0 Å². The zero-order valence-electron chi connectivity index (χ0n) is 10.1. The smallest absolute Gasteiger partial charge is 0.272 e. The van der Waals surface area contributed by atoms with Crippen LogP contribution in [0, 0.1) is 13.7 Å². The molecule has 0 aliphatic heterocycles. The van der Waals surface area contributed by atoms with Crippen LogP contribution in [0.4, 0.5) is 5.69 Å². The molecule has 0 unspecified atom stereocenters. The highest BCUT2D eigenvalue weighted by Crippen LogP contribution is 2.19. The Balaban J connectivity index is 1.98. The molecule has 0 aromatic heterocycles. The molecule has 2 aromatic rings. The van der Waals surface area contributed by atoms with Gasteiger partial charge in [-0.15, -0.1) is 0 Å². The van der Waals surface area contributed by atoms with Crippen LogP contribution in [-0.4, -0.2) is 11.5 Å². The van der Waals surface area contributed by atoms with E-state index in [1.807, 2.05) is 24.3 Å². The predicted octanol–water partition coefficient (Wildman–Crippen LogP) is 3.82. The fourth-order valence-corrected chi connectivity index (χ4v) is 2.25. The van der Waals surface area contributed by atoms with Gasteiger partial charge in [0.2, 0.25) is 0 Å². The molecule has 0 aliphatic carbocycles. The average molecular weight is 369 g/mol. The van der Waals surface area contributed by atoms with Gasteiger partial charge in [0.15, 0.2) is 0 Å². The summed E-state index contributed by atoms with van der Waals surface area (Å²) >= 11 is 2.21. The molecule has 0 bridgehead atoms. The summed E-state index contributed by atoms with van der Waals surface area (Å²) in [4.78, 5) is 10.5. The van der Waals surface area contributed by atoms with E-state index in [-0.39, 0.29) is 10.6 Å². The summed E-state index contributed by atoms with van der Waals surface area (Å²) in [5.74, 6) is 0.783. The van der Waals surface area contributed by atoms with Crippen LogP contribution in [0.25, 0.3) is 0 Å². The van der Waals surface area contributed by atoms with Gasteiger partial charge in [0.25, 0.3) is 5.69 Å². The summed E-state index contributed by atoms with van der Waals surface area (Å²) in [6, 6.07) is 14.5. The molecule has 0 N–H and O–H groups in total. The number of nitro groups is 1. The maximum absolute atomic E-state index is 10.9. The van der Waals surface area contributed by atoms with Crippen molar-refractivity contribution in [1.82, 2.24) is 0 Å². The summed E-state index contributed by atoms with van der Waals surface area (Å²) in [7, 11) is 0. The fraction of sp³-hybridized carbons (Fsp3) is 0.143. The molecule has 0 heterocycles. The maximum atomic E-state index is 10.9. The Morgan fingerprint density at radius 2 is 1.95 bits per heavy atom. The minimum atomic E-state index is -0.360. The van der Waals surface area contributed by atoms with Crippen molar-refractivity contribution in [3.8, 4) is 5.75 Å². The van der Waals surface area contributed by atoms with Crippen LogP contribution in [-0.2, 0) is 6.42 Å². The molecule has 0 fully saturated rings. The third-order valence-corrected chi connectivity index (χ3v) is 3.30. The standard InChI is InChI=1S/C14H12INO3/c15-12-5-3-6-13(10-12)19-9-8-11-4-1-2-7-14(11)16(17)18/h1-7,10H,8-9H2. The molecule has 0 aliphatic rings. The quantitative estimate of drug-likeness (QED) is 0.458. The first-order valence-electron chi connectivity index (χ1n) is 5.77. The van der Waals surface area contributed by atoms with Gasteiger partial charge in [-0.05, 0) is 40.8 Å². The highest BCUT2D eigenvalue weighted by Gasteiger charge is 2.11. The monoisotopic (exact) mass is 369 g/mol. The van der Waals surface area contributed by atoms with E-state index < -0.39 is 0 Å². The second-order valence-corrected chi connectivity index (χ2v) is 5.19. The van der Waals surface area contributed by atoms with Crippen molar-refractivity contribution in [2.45, 2.75) is 6.42 Å². The molecule has 98 valence electrons. The van der Waals surface area contributed by atoms with E-state index in [1.54, 1.807) is 18.2 Å². The van der Waals surface area contributed by atoms with E-state index in [9.17, 15) is 10.1 Å². The van der Waals surface area contributed by atoms with Crippen LogP contribution in [0.1, 0.15) is 5.56 Å². The van der Waals surface area contributed by atoms with Crippen molar-refractivity contribution in [3.05, 3.63) is 67.8 Å². The van der Waals surface area contributed by atoms with E-state index in [2.05, 4.69) is 22.6 Å². The molecule has 2 rings (SSSR count). The van der Waals surface area contributed by atoms with E-state index in [0.717, 1.165) is 9.32 Å². The van der Waals surface area contributed by atoms with E-state index in [4.69, 9.17) is 4.74 Å². The summed E-state index contributed by atoms with van der Waals surface area (Å²) in [6.45, 7) is 0.422. The number of nitrogens with zero attached hydrogens (tertiary/aromatic N) is 1. The first kappa shape index (κ1) is 13.8. The molecule has 0 saturated carbocycles. The van der Waals surface area contributed by atoms with Crippen LogP contribution in [0.15, 0.2) is 48.5 Å². The van der Waals surface area contributed by atoms with Gasteiger partial charge in [0, 0.05) is 21.6 Å². The highest BCUT2D eigenvalue weighted by atomic mass is 127. The predicted molar refractivity (Wildman–Crippen MR) is 81.5 cm³/mol. The zero-order chi connectivity index (χ0) is 13.7. The molecule has 0 amide bonds. The van der Waals surface area contributed by atoms with Gasteiger partial charge < -0.3 is 4.74 Å². The van der Waals surface area contributed by atoms with Crippen LogP contribution in [0.3, 0.4) is 0 Å². The summed E-state index contributed by atoms with van der Waals surface area (Å²) in [5.41, 5.74) is 0.840. The number of para-hydroxylation sites is 1. The van der Waals surface area contributed by atoms with Gasteiger partial charge >= 0.3 is 0 Å². The second-order valence-electron chi connectivity index (χ2n) is 3.94. The Morgan fingerprint density at radius 3 is 2.68 bits per heavy atom. The molecule has 5 heteroatoms. The SMILES string of the molecule is O=[N+]([O-])c1ccccc1CCOc1cccc(I)c1. The molecule has 4 nitrogen and oxygen atoms in total. The maximum Gasteiger partial charge on any atom is 0.272 e. The van der Waals surface area contributed by atoms with Crippen molar-refractivity contribution < 1.29 is 9.66 Å². The lowest BCUT2D eigenvalue weighted by atomic mass is 10.1. The third kappa shape index (κ3) is 3.92. The molecule has 0 radical (unpaired) electrons. The van der Waals surface area contributed by atoms with Gasteiger partial charge in [0.1, 0.15) is 5.75 Å². The minimum absolute atomic E-state index is 0.147. The van der Waals surface area contributed by atoms with Gasteiger partial charge in [-0.1, -0.05) is 24.3 Å². The first-order valence-corrected chi connectivity index (χ1v) is 6.85. The number of nitro benzene ring substituents is 1. The Morgan fingerprint density at radius 1 is 1.16 bits per heavy atom. The number of ether oxygens (including phenoxy) is 1. The van der Waals surface area contributed by atoms with E-state index in [1.165, 1.54) is 6.07 Å². The molecular weight excluding hydrogens is 357 g/mol. The fourth-order valence-electron chi connectivity index (χ4n) is 1.74. The van der Waals surface area contributed by atoms with Gasteiger partial charge in [-0.2, -0.15) is 0 Å². The van der Waals surface area contributed by atoms with Crippen molar-refractivity contribution in [3.63, 3.8) is 0 Å². The zero-order valence-corrected chi connectivity index (χ0v) is 12.2. The largest absolute Gasteiger partial charge is 0.493 e. The van der Waals surface area contributed by atoms with Crippen LogP contribution in [0.2, 0.25) is 0 Å². The summed E-state index contributed by atoms with van der Waals surface area (Å²) < 4.78 is 6.70. The van der Waals surface area contributed by atoms with Crippen molar-refractivity contribution >= 4 is 28.3 Å². The lowest BCUT2D eigenvalue weighted by Gasteiger charge is -2.06. The van der Waals surface area contributed by atoms with Crippen LogP contribution in [0.5, 0.6) is 5.75 Å². The van der Waals surface area contributed by atoms with Crippen LogP contribution >= 0.6 is 22.6 Å². The van der Waals surface area contributed by atoms with Crippen LogP contribution < -0.4 is 4.74 Å². The molecule has 2 aromatic carbocycles. The average Bonchev–Trinajstić information content (AvgIpc) is 2.39.